The Morgan fingerprint density at radius 2 is 2.10 bits per heavy atom. The summed E-state index contributed by atoms with van der Waals surface area (Å²) < 4.78 is 28.2. The number of ether oxygens (including phenoxy) is 1. The van der Waals surface area contributed by atoms with Gasteiger partial charge in [0.2, 0.25) is 0 Å². The third-order valence-electron chi connectivity index (χ3n) is 2.99. The molecule has 114 valence electrons. The third-order valence-corrected chi connectivity index (χ3v) is 2.99. The van der Waals surface area contributed by atoms with E-state index >= 15 is 0 Å². The summed E-state index contributed by atoms with van der Waals surface area (Å²) >= 11 is 0. The van der Waals surface area contributed by atoms with Gasteiger partial charge >= 0.3 is 6.61 Å². The summed E-state index contributed by atoms with van der Waals surface area (Å²) in [5.41, 5.74) is 0.488. The lowest BCUT2D eigenvalue weighted by atomic mass is 10.3. The summed E-state index contributed by atoms with van der Waals surface area (Å²) in [5, 5.41) is 5.34. The molecule has 1 fully saturated rings. The molecule has 1 unspecified atom stereocenters. The molecule has 1 saturated heterocycles. The largest absolute Gasteiger partial charge is 0.435 e. The molecule has 2 amide bonds. The maximum Gasteiger partial charge on any atom is 0.387 e. The first-order valence-electron chi connectivity index (χ1n) is 6.48. The number of carbonyl (C=O) groups excluding carboxylic acids is 2. The molecule has 6 nitrogen and oxygen atoms in total. The second kappa shape index (κ2) is 6.98. The van der Waals surface area contributed by atoms with E-state index < -0.39 is 6.61 Å². The van der Waals surface area contributed by atoms with E-state index in [1.807, 2.05) is 0 Å². The van der Waals surface area contributed by atoms with Gasteiger partial charge in [-0.25, -0.2) is 0 Å². The molecule has 1 aliphatic rings. The predicted molar refractivity (Wildman–Crippen MR) is 70.3 cm³/mol. The van der Waals surface area contributed by atoms with Crippen LogP contribution in [0, 0.1) is 0 Å². The van der Waals surface area contributed by atoms with Gasteiger partial charge in [0, 0.05) is 5.69 Å². The Labute approximate surface area is 120 Å². The molecule has 1 aromatic carbocycles. The monoisotopic (exact) mass is 300 g/mol. The minimum atomic E-state index is -2.88. The fourth-order valence-electron chi connectivity index (χ4n) is 2.06. The van der Waals surface area contributed by atoms with Gasteiger partial charge in [-0.1, -0.05) is 0 Å². The van der Waals surface area contributed by atoms with Crippen molar-refractivity contribution < 1.29 is 28.0 Å². The zero-order chi connectivity index (χ0) is 15.2. The van der Waals surface area contributed by atoms with Gasteiger partial charge in [0.1, 0.15) is 5.75 Å². The number of halogens is 2. The van der Waals surface area contributed by atoms with Gasteiger partial charge in [0.05, 0.1) is 13.1 Å². The molecule has 2 rings (SSSR count). The van der Waals surface area contributed by atoms with Crippen LogP contribution < -0.4 is 20.3 Å². The quantitative estimate of drug-likeness (QED) is 0.669. The highest BCUT2D eigenvalue weighted by molar-refractivity contribution is 5.91. The molecule has 1 aliphatic heterocycles. The summed E-state index contributed by atoms with van der Waals surface area (Å²) in [7, 11) is 0. The van der Waals surface area contributed by atoms with Crippen LogP contribution in [-0.2, 0) is 9.59 Å². The molecular weight excluding hydrogens is 284 g/mol. The van der Waals surface area contributed by atoms with Crippen LogP contribution in [0.1, 0.15) is 0 Å². The van der Waals surface area contributed by atoms with E-state index in [1.54, 1.807) is 0 Å². The maximum atomic E-state index is 12.0. The van der Waals surface area contributed by atoms with E-state index in [1.165, 1.54) is 24.3 Å². The standard InChI is InChI=1S/C13H15F2N3O3/c14-13(15)21-10-3-1-9(2-4-10)17-12(20)8-18-6-5-16-11(19)7-18/h1-4,13H,5-8H2,(H,16,19)(H,17,20)/p+1. The zero-order valence-corrected chi connectivity index (χ0v) is 11.2. The highest BCUT2D eigenvalue weighted by Gasteiger charge is 2.22. The Kier molecular flexibility index (Phi) is 5.04. The molecule has 1 atom stereocenters. The highest BCUT2D eigenvalue weighted by Crippen LogP contribution is 2.17. The molecule has 0 aromatic heterocycles. The topological polar surface area (TPSA) is 71.9 Å². The highest BCUT2D eigenvalue weighted by atomic mass is 19.3. The molecule has 3 N–H and O–H groups in total. The number of amides is 2. The van der Waals surface area contributed by atoms with Crippen LogP contribution >= 0.6 is 0 Å². The van der Waals surface area contributed by atoms with Crippen molar-refractivity contribution in [1.29, 1.82) is 0 Å². The fourth-order valence-corrected chi connectivity index (χ4v) is 2.06. The molecule has 0 saturated carbocycles. The average Bonchev–Trinajstić information content (AvgIpc) is 2.40. The third kappa shape index (κ3) is 4.99. The fraction of sp³-hybridized carbons (Fsp3) is 0.385. The summed E-state index contributed by atoms with van der Waals surface area (Å²) in [6.45, 7) is -1.17. The number of carbonyl (C=O) groups is 2. The Hall–Kier alpha value is -2.22. The molecule has 8 heteroatoms. The van der Waals surface area contributed by atoms with E-state index in [9.17, 15) is 18.4 Å². The van der Waals surface area contributed by atoms with Crippen molar-refractivity contribution in [3.63, 3.8) is 0 Å². The predicted octanol–water partition coefficient (Wildman–Crippen LogP) is -0.759. The smallest absolute Gasteiger partial charge is 0.387 e. The van der Waals surface area contributed by atoms with Gasteiger partial charge in [0.15, 0.2) is 13.1 Å². The number of rotatable bonds is 5. The lowest BCUT2D eigenvalue weighted by Crippen LogP contribution is -3.16. The first kappa shape index (κ1) is 15.2. The summed E-state index contributed by atoms with van der Waals surface area (Å²) in [6, 6.07) is 5.66. The number of quaternary nitrogens is 1. The second-order valence-corrected chi connectivity index (χ2v) is 4.65. The molecular formula is C13H16F2N3O3+. The van der Waals surface area contributed by atoms with E-state index in [4.69, 9.17) is 0 Å². The van der Waals surface area contributed by atoms with Crippen LogP contribution in [0.2, 0.25) is 0 Å². The maximum absolute atomic E-state index is 12.0. The van der Waals surface area contributed by atoms with Crippen LogP contribution in [0.3, 0.4) is 0 Å². The Balaban J connectivity index is 1.83. The second-order valence-electron chi connectivity index (χ2n) is 4.65. The van der Waals surface area contributed by atoms with E-state index in [0.717, 1.165) is 4.90 Å². The summed E-state index contributed by atoms with van der Waals surface area (Å²) in [4.78, 5) is 23.9. The molecule has 0 radical (unpaired) electrons. The van der Waals surface area contributed by atoms with Gasteiger partial charge in [-0.15, -0.1) is 0 Å². The number of anilines is 1. The number of hydrogen-bond donors (Lipinski definition) is 3. The number of alkyl halides is 2. The Morgan fingerprint density at radius 3 is 2.71 bits per heavy atom. The molecule has 21 heavy (non-hydrogen) atoms. The van der Waals surface area contributed by atoms with E-state index in [-0.39, 0.29) is 30.7 Å². The SMILES string of the molecule is O=C1C[NH+](CC(=O)Nc2ccc(OC(F)F)cc2)CCN1. The zero-order valence-electron chi connectivity index (χ0n) is 11.2. The molecule has 1 heterocycles. The lowest BCUT2D eigenvalue weighted by Gasteiger charge is -2.22. The van der Waals surface area contributed by atoms with Gasteiger partial charge in [-0.3, -0.25) is 9.59 Å². The first-order chi connectivity index (χ1) is 10.0. The van der Waals surface area contributed by atoms with Crippen molar-refractivity contribution in [2.75, 3.05) is 31.5 Å². The summed E-state index contributed by atoms with van der Waals surface area (Å²) in [5.74, 6) is -0.277. The van der Waals surface area contributed by atoms with Crippen molar-refractivity contribution in [2.45, 2.75) is 6.61 Å². The van der Waals surface area contributed by atoms with Gasteiger partial charge in [-0.05, 0) is 24.3 Å². The molecule has 0 bridgehead atoms. The number of nitrogens with one attached hydrogen (secondary N) is 3. The van der Waals surface area contributed by atoms with Crippen molar-refractivity contribution in [3.8, 4) is 5.75 Å². The van der Waals surface area contributed by atoms with Crippen molar-refractivity contribution in [1.82, 2.24) is 5.32 Å². The van der Waals surface area contributed by atoms with Crippen LogP contribution in [0.25, 0.3) is 0 Å². The minimum Gasteiger partial charge on any atom is -0.435 e. The Bertz CT molecular complexity index is 508. The molecule has 1 aromatic rings. The Morgan fingerprint density at radius 1 is 1.38 bits per heavy atom. The molecule has 0 aliphatic carbocycles. The average molecular weight is 300 g/mol. The van der Waals surface area contributed by atoms with E-state index in [0.29, 0.717) is 18.8 Å². The van der Waals surface area contributed by atoms with Crippen molar-refractivity contribution >= 4 is 17.5 Å². The van der Waals surface area contributed by atoms with Crippen molar-refractivity contribution in [2.24, 2.45) is 0 Å². The van der Waals surface area contributed by atoms with Crippen LogP contribution in [0.4, 0.5) is 14.5 Å². The van der Waals surface area contributed by atoms with Crippen LogP contribution in [-0.4, -0.2) is 44.6 Å². The van der Waals surface area contributed by atoms with Crippen LogP contribution in [0.15, 0.2) is 24.3 Å². The normalized spacial score (nSPS) is 18.2. The number of hydrogen-bond acceptors (Lipinski definition) is 3. The van der Waals surface area contributed by atoms with Gasteiger partial charge in [0.25, 0.3) is 11.8 Å². The summed E-state index contributed by atoms with van der Waals surface area (Å²) in [6.07, 6.45) is 0. The van der Waals surface area contributed by atoms with E-state index in [2.05, 4.69) is 15.4 Å². The first-order valence-corrected chi connectivity index (χ1v) is 6.48. The van der Waals surface area contributed by atoms with Gasteiger partial charge < -0.3 is 20.3 Å². The minimum absolute atomic E-state index is 0.0290. The molecule has 0 spiro atoms. The number of piperazine rings is 1. The van der Waals surface area contributed by atoms with Gasteiger partial charge in [-0.2, -0.15) is 8.78 Å². The number of benzene rings is 1. The lowest BCUT2D eigenvalue weighted by molar-refractivity contribution is -0.885. The van der Waals surface area contributed by atoms with Crippen LogP contribution in [0.5, 0.6) is 5.75 Å². The van der Waals surface area contributed by atoms with Crippen molar-refractivity contribution in [3.05, 3.63) is 24.3 Å².